The minimum Gasteiger partial charge on any atom is -0.484 e. The van der Waals surface area contributed by atoms with Crippen LogP contribution in [0.5, 0.6) is 11.5 Å². The number of nitrogens with one attached hydrogen (secondary N) is 3. The van der Waals surface area contributed by atoms with Crippen LogP contribution in [0.3, 0.4) is 0 Å². The van der Waals surface area contributed by atoms with Crippen LogP contribution in [0, 0.1) is 5.92 Å². The number of rotatable bonds is 9. The van der Waals surface area contributed by atoms with Gasteiger partial charge in [-0.05, 0) is 108 Å². The Morgan fingerprint density at radius 2 is 1.71 bits per heavy atom. The van der Waals surface area contributed by atoms with Crippen molar-refractivity contribution in [3.05, 3.63) is 66.7 Å². The third-order valence-electron chi connectivity index (χ3n) is 13.3. The van der Waals surface area contributed by atoms with E-state index in [4.69, 9.17) is 18.9 Å². The van der Waals surface area contributed by atoms with Gasteiger partial charge in [0.05, 0.1) is 17.0 Å². The molecule has 3 N–H and O–H groups in total. The number of allylic oxidation sites excluding steroid dienone is 1. The standard InChI is InChI=1S/C46H50F3N5O10S/c1-44(21-22-44)65(59,60)53-42(57)45-25-28(45)11-5-3-2-4-6-15-33(51-43(58)62-29-12-7-8-13-29)41(56)54-26-31(23-35(54)40(55)52-45)61-37-24-34(27-17-19-30(20-18-27)64-46(47,48)49)50-38-32-14-9-10-16-36(32)63-39(37)38/h5,9-11,14,16-20,24,28-29,31,33,35H,2-4,6-8,12-13,15,21-23,25-26H2,1H3,(H,51,58)(H,52,55)(H,53,57)/b11-5-/t28-,31-,33+,35+,45-/m1/s1. The first-order chi connectivity index (χ1) is 31.0. The molecule has 4 heterocycles. The van der Waals surface area contributed by atoms with E-state index in [2.05, 4.69) is 20.1 Å². The van der Waals surface area contributed by atoms with E-state index in [0.717, 1.165) is 44.2 Å². The van der Waals surface area contributed by atoms with Gasteiger partial charge in [-0.25, -0.2) is 18.2 Å². The van der Waals surface area contributed by atoms with Gasteiger partial charge in [-0.3, -0.25) is 19.1 Å². The lowest BCUT2D eigenvalue weighted by Gasteiger charge is -2.30. The van der Waals surface area contributed by atoms with Crippen molar-refractivity contribution in [2.75, 3.05) is 6.54 Å². The lowest BCUT2D eigenvalue weighted by Crippen LogP contribution is -2.58. The molecule has 0 radical (unpaired) electrons. The van der Waals surface area contributed by atoms with Crippen molar-refractivity contribution in [3.63, 3.8) is 0 Å². The third-order valence-corrected chi connectivity index (χ3v) is 15.5. The van der Waals surface area contributed by atoms with Crippen molar-refractivity contribution in [2.24, 2.45) is 5.92 Å². The lowest BCUT2D eigenvalue weighted by atomic mass is 10.0. The number of carbonyl (C=O) groups excluding carboxylic acids is 4. The molecule has 4 fully saturated rings. The van der Waals surface area contributed by atoms with E-state index in [-0.39, 0.29) is 43.2 Å². The van der Waals surface area contributed by atoms with Crippen LogP contribution in [0.2, 0.25) is 0 Å². The monoisotopic (exact) mass is 921 g/mol. The minimum absolute atomic E-state index is 0.0890. The van der Waals surface area contributed by atoms with E-state index >= 15 is 0 Å². The molecule has 3 saturated carbocycles. The number of para-hydroxylation sites is 1. The summed E-state index contributed by atoms with van der Waals surface area (Å²) in [5.74, 6) is -2.89. The van der Waals surface area contributed by atoms with Gasteiger partial charge in [0, 0.05) is 29.4 Å². The second kappa shape index (κ2) is 17.2. The molecule has 9 rings (SSSR count). The average Bonchev–Trinajstić information content (AvgIpc) is 3.92. The number of hydrogen-bond donors (Lipinski definition) is 3. The number of alkyl carbamates (subject to hydrolysis) is 1. The molecule has 0 bridgehead atoms. The molecule has 15 nitrogen and oxygen atoms in total. The average molecular weight is 922 g/mol. The molecule has 5 aliphatic rings. The molecule has 3 aliphatic carbocycles. The number of ether oxygens (including phenoxy) is 3. The molecule has 19 heteroatoms. The Kier molecular flexibility index (Phi) is 11.7. The van der Waals surface area contributed by atoms with Crippen molar-refractivity contribution in [1.29, 1.82) is 0 Å². The van der Waals surface area contributed by atoms with Gasteiger partial charge in [0.15, 0.2) is 11.3 Å². The number of hydrogen-bond acceptors (Lipinski definition) is 11. The summed E-state index contributed by atoms with van der Waals surface area (Å²) in [6.07, 6.45) is 4.02. The summed E-state index contributed by atoms with van der Waals surface area (Å²) in [5, 5.41) is 6.29. The highest BCUT2D eigenvalue weighted by Crippen LogP contribution is 2.48. The van der Waals surface area contributed by atoms with E-state index in [1.165, 1.54) is 17.0 Å². The summed E-state index contributed by atoms with van der Waals surface area (Å²) in [6, 6.07) is 11.5. The van der Waals surface area contributed by atoms with Gasteiger partial charge in [0.2, 0.25) is 21.8 Å². The Morgan fingerprint density at radius 1 is 0.969 bits per heavy atom. The molecule has 4 aromatic rings. The fourth-order valence-corrected chi connectivity index (χ4v) is 10.5. The summed E-state index contributed by atoms with van der Waals surface area (Å²) in [6.45, 7) is 1.41. The lowest BCUT2D eigenvalue weighted by molar-refractivity contribution is -0.274. The van der Waals surface area contributed by atoms with Gasteiger partial charge >= 0.3 is 12.5 Å². The van der Waals surface area contributed by atoms with Gasteiger partial charge in [-0.15, -0.1) is 13.2 Å². The van der Waals surface area contributed by atoms with Gasteiger partial charge in [0.1, 0.15) is 46.7 Å². The Balaban J connectivity index is 1.05. The quantitative estimate of drug-likeness (QED) is 0.142. The summed E-state index contributed by atoms with van der Waals surface area (Å²) in [5.41, 5.74) is 0.260. The van der Waals surface area contributed by atoms with Crippen LogP contribution >= 0.6 is 0 Å². The van der Waals surface area contributed by atoms with Crippen LogP contribution in [-0.4, -0.2) is 89.6 Å². The van der Waals surface area contributed by atoms with E-state index in [0.29, 0.717) is 59.8 Å². The van der Waals surface area contributed by atoms with Crippen LogP contribution < -0.4 is 24.8 Å². The maximum atomic E-state index is 14.8. The molecule has 0 unspecified atom stereocenters. The molecule has 2 aromatic heterocycles. The van der Waals surface area contributed by atoms with E-state index in [1.54, 1.807) is 37.3 Å². The van der Waals surface area contributed by atoms with Crippen molar-refractivity contribution < 1.29 is 59.4 Å². The highest BCUT2D eigenvalue weighted by Gasteiger charge is 2.63. The fourth-order valence-electron chi connectivity index (χ4n) is 9.17. The third kappa shape index (κ3) is 9.33. The first-order valence-corrected chi connectivity index (χ1v) is 23.7. The number of fused-ring (bicyclic) bond motifs is 5. The number of furan rings is 1. The largest absolute Gasteiger partial charge is 0.573 e. The van der Waals surface area contributed by atoms with Crippen LogP contribution in [0.4, 0.5) is 18.0 Å². The van der Waals surface area contributed by atoms with Crippen LogP contribution in [0.15, 0.2) is 71.2 Å². The number of amides is 4. The molecule has 5 atom stereocenters. The van der Waals surface area contributed by atoms with E-state index in [1.807, 2.05) is 12.2 Å². The summed E-state index contributed by atoms with van der Waals surface area (Å²) >= 11 is 0. The van der Waals surface area contributed by atoms with Gasteiger partial charge in [0.25, 0.3) is 5.91 Å². The maximum Gasteiger partial charge on any atom is 0.573 e. The van der Waals surface area contributed by atoms with Crippen molar-refractivity contribution in [1.82, 2.24) is 25.2 Å². The molecular weight excluding hydrogens is 872 g/mol. The molecule has 2 aliphatic heterocycles. The zero-order valence-electron chi connectivity index (χ0n) is 35.7. The number of benzene rings is 2. The first kappa shape index (κ1) is 44.4. The molecule has 346 valence electrons. The van der Waals surface area contributed by atoms with Crippen LogP contribution in [0.1, 0.15) is 90.4 Å². The Morgan fingerprint density at radius 3 is 2.45 bits per heavy atom. The Hall–Kier alpha value is -5.85. The van der Waals surface area contributed by atoms with Gasteiger partial charge in [-0.2, -0.15) is 0 Å². The summed E-state index contributed by atoms with van der Waals surface area (Å²) in [4.78, 5) is 63.0. The Bertz CT molecular complexity index is 2640. The predicted molar refractivity (Wildman–Crippen MR) is 230 cm³/mol. The SMILES string of the molecule is CC1(S(=O)(=O)NC(=O)[C@@]23C[C@H]2/C=C\CCCCC[C@H](NC(=O)OC2CCCC2)C(=O)N2C[C@H](Oc4cc(-c5ccc(OC(F)(F)F)cc5)nc5c4oc4ccccc45)C[C@H]2C(=O)N3)CC1. The van der Waals surface area contributed by atoms with Crippen molar-refractivity contribution in [2.45, 2.75) is 131 Å². The van der Waals surface area contributed by atoms with Crippen LogP contribution in [0.25, 0.3) is 33.3 Å². The van der Waals surface area contributed by atoms with Gasteiger partial charge in [-0.1, -0.05) is 37.1 Å². The molecule has 4 amide bonds. The number of alkyl halides is 3. The molecule has 0 spiro atoms. The van der Waals surface area contributed by atoms with Crippen molar-refractivity contribution >= 4 is 55.9 Å². The molecule has 65 heavy (non-hydrogen) atoms. The second-order valence-corrected chi connectivity index (χ2v) is 20.3. The van der Waals surface area contributed by atoms with Crippen molar-refractivity contribution in [3.8, 4) is 22.8 Å². The number of sulfonamides is 1. The zero-order valence-corrected chi connectivity index (χ0v) is 36.5. The molecular formula is C46H50F3N5O10S. The zero-order chi connectivity index (χ0) is 45.7. The number of halogens is 3. The number of aromatic nitrogens is 1. The van der Waals surface area contributed by atoms with E-state index < -0.39 is 80.3 Å². The molecule has 2 aromatic carbocycles. The molecule has 1 saturated heterocycles. The number of pyridine rings is 1. The smallest absolute Gasteiger partial charge is 0.484 e. The first-order valence-electron chi connectivity index (χ1n) is 22.2. The summed E-state index contributed by atoms with van der Waals surface area (Å²) in [7, 11) is -4.07. The topological polar surface area (TPSA) is 195 Å². The minimum atomic E-state index is -4.89. The predicted octanol–water partition coefficient (Wildman–Crippen LogP) is 7.33. The maximum absolute atomic E-state index is 14.8. The van der Waals surface area contributed by atoms with Gasteiger partial charge < -0.3 is 34.2 Å². The van der Waals surface area contributed by atoms with Crippen LogP contribution in [-0.2, 0) is 29.1 Å². The number of nitrogens with zero attached hydrogens (tertiary/aromatic N) is 2. The van der Waals surface area contributed by atoms with E-state index in [9.17, 15) is 40.8 Å². The number of carbonyl (C=O) groups is 4. The normalized spacial score (nSPS) is 26.6. The Labute approximate surface area is 372 Å². The fraction of sp³-hybridized carbons (Fsp3) is 0.500. The second-order valence-electron chi connectivity index (χ2n) is 18.1. The highest BCUT2D eigenvalue weighted by molar-refractivity contribution is 7.91. The highest BCUT2D eigenvalue weighted by atomic mass is 32.2. The summed E-state index contributed by atoms with van der Waals surface area (Å²) < 4.78 is 89.3.